The molecule has 124 valence electrons. The number of amides is 1. The molecule has 10 heteroatoms. The van der Waals surface area contributed by atoms with Crippen LogP contribution in [0.4, 0.5) is 17.6 Å². The molecule has 2 aromatic rings. The van der Waals surface area contributed by atoms with Crippen LogP contribution in [0.1, 0.15) is 5.56 Å². The summed E-state index contributed by atoms with van der Waals surface area (Å²) < 4.78 is 56.7. The van der Waals surface area contributed by atoms with E-state index in [2.05, 4.69) is 10.1 Å². The van der Waals surface area contributed by atoms with Gasteiger partial charge in [-0.15, -0.1) is 0 Å². The first kappa shape index (κ1) is 16.9. The molecule has 0 radical (unpaired) electrons. The van der Waals surface area contributed by atoms with E-state index in [4.69, 9.17) is 0 Å². The van der Waals surface area contributed by atoms with Crippen LogP contribution in [-0.2, 0) is 16.9 Å². The number of carbonyl (C=O) groups is 1. The summed E-state index contributed by atoms with van der Waals surface area (Å²) in [6.45, 7) is -0.976. The van der Waals surface area contributed by atoms with Gasteiger partial charge < -0.3 is 10.4 Å². The molecule has 1 atom stereocenters. The van der Waals surface area contributed by atoms with Crippen LogP contribution in [0.5, 0.6) is 0 Å². The molecule has 1 amide bonds. The van der Waals surface area contributed by atoms with Crippen LogP contribution in [0.15, 0.2) is 30.9 Å². The fourth-order valence-electron chi connectivity index (χ4n) is 2.07. The maximum atomic E-state index is 14.4. The molecule has 0 saturated carbocycles. The number of nitrogens with one attached hydrogen (secondary N) is 1. The first-order valence-corrected chi connectivity index (χ1v) is 6.32. The lowest BCUT2D eigenvalue weighted by Crippen LogP contribution is -2.57. The van der Waals surface area contributed by atoms with Crippen molar-refractivity contribution < 1.29 is 27.5 Å². The zero-order valence-electron chi connectivity index (χ0n) is 11.8. The number of hydrogen-bond acceptors (Lipinski definition) is 4. The Morgan fingerprint density at radius 2 is 2.09 bits per heavy atom. The third-order valence-corrected chi connectivity index (χ3v) is 3.27. The minimum Gasteiger partial charge on any atom is -0.377 e. The number of benzene rings is 1. The lowest BCUT2D eigenvalue weighted by atomic mass is 9.86. The van der Waals surface area contributed by atoms with Crippen molar-refractivity contribution in [3.8, 4) is 0 Å². The number of carbonyl (C=O) groups excluding carboxylic acids is 1. The lowest BCUT2D eigenvalue weighted by molar-refractivity contribution is -0.202. The van der Waals surface area contributed by atoms with E-state index < -0.39 is 41.2 Å². The summed E-state index contributed by atoms with van der Waals surface area (Å²) in [6.07, 6.45) is 2.02. The highest BCUT2D eigenvalue weighted by molar-refractivity contribution is 5.84. The second kappa shape index (κ2) is 5.95. The van der Waals surface area contributed by atoms with E-state index in [9.17, 15) is 27.5 Å². The van der Waals surface area contributed by atoms with Crippen LogP contribution in [0.25, 0.3) is 0 Å². The Hall–Kier alpha value is -2.49. The Labute approximate surface area is 127 Å². The molecule has 1 aromatic carbocycles. The predicted octanol–water partition coefficient (Wildman–Crippen LogP) is 0.825. The third kappa shape index (κ3) is 2.89. The molecule has 0 aliphatic heterocycles. The zero-order valence-corrected chi connectivity index (χ0v) is 11.8. The van der Waals surface area contributed by atoms with E-state index >= 15 is 0 Å². The average Bonchev–Trinajstić information content (AvgIpc) is 2.98. The second-order valence-electron chi connectivity index (χ2n) is 4.73. The number of aromatic nitrogens is 3. The van der Waals surface area contributed by atoms with Gasteiger partial charge in [0.05, 0.1) is 6.54 Å². The van der Waals surface area contributed by atoms with Crippen molar-refractivity contribution in [1.82, 2.24) is 20.1 Å². The number of hydrogen-bond donors (Lipinski definition) is 2. The van der Waals surface area contributed by atoms with Gasteiger partial charge >= 0.3 is 5.92 Å². The van der Waals surface area contributed by atoms with Gasteiger partial charge in [0.2, 0.25) is 0 Å². The summed E-state index contributed by atoms with van der Waals surface area (Å²) in [5, 5.41) is 15.8. The van der Waals surface area contributed by atoms with Gasteiger partial charge in [0, 0.05) is 18.7 Å². The second-order valence-corrected chi connectivity index (χ2v) is 4.73. The number of nitrogens with zero attached hydrogens (tertiary/aromatic N) is 3. The molecule has 2 rings (SSSR count). The topological polar surface area (TPSA) is 80.0 Å². The molecule has 0 aliphatic rings. The van der Waals surface area contributed by atoms with Crippen molar-refractivity contribution in [2.75, 3.05) is 7.05 Å². The molecule has 1 aromatic heterocycles. The van der Waals surface area contributed by atoms with E-state index in [0.717, 1.165) is 24.4 Å². The quantitative estimate of drug-likeness (QED) is 0.795. The monoisotopic (exact) mass is 332 g/mol. The largest absolute Gasteiger partial charge is 0.377 e. The summed E-state index contributed by atoms with van der Waals surface area (Å²) in [7, 11) is 0.938. The molecule has 0 aliphatic carbocycles. The van der Waals surface area contributed by atoms with Crippen LogP contribution in [0.3, 0.4) is 0 Å². The highest BCUT2D eigenvalue weighted by Crippen LogP contribution is 2.40. The maximum Gasteiger partial charge on any atom is 0.358 e. The average molecular weight is 332 g/mol. The molecule has 1 unspecified atom stereocenters. The van der Waals surface area contributed by atoms with E-state index in [1.54, 1.807) is 5.32 Å². The standard InChI is InChI=1S/C13H12F4N4O2/c1-18-11(22)13(16,17)12(23,5-21-7-19-6-20-21)9-3-2-8(14)4-10(9)15/h2-4,6-7,23H,5H2,1H3,(H,18,22). The minimum atomic E-state index is -4.42. The fourth-order valence-corrected chi connectivity index (χ4v) is 2.07. The summed E-state index contributed by atoms with van der Waals surface area (Å²) in [4.78, 5) is 15.0. The molecular formula is C13H12F4N4O2. The van der Waals surface area contributed by atoms with Gasteiger partial charge in [-0.3, -0.25) is 4.79 Å². The summed E-state index contributed by atoms with van der Waals surface area (Å²) in [5.41, 5.74) is -4.25. The van der Waals surface area contributed by atoms with E-state index in [1.165, 1.54) is 0 Å². The van der Waals surface area contributed by atoms with Crippen LogP contribution in [0, 0.1) is 11.6 Å². The van der Waals surface area contributed by atoms with Gasteiger partial charge in [0.15, 0.2) is 5.60 Å². The van der Waals surface area contributed by atoms with E-state index in [-0.39, 0.29) is 0 Å². The zero-order chi connectivity index (χ0) is 17.3. The molecule has 0 fully saturated rings. The van der Waals surface area contributed by atoms with Crippen LogP contribution < -0.4 is 5.32 Å². The molecular weight excluding hydrogens is 320 g/mol. The Morgan fingerprint density at radius 3 is 2.61 bits per heavy atom. The number of alkyl halides is 2. The SMILES string of the molecule is CNC(=O)C(F)(F)C(O)(Cn1cncn1)c1ccc(F)cc1F. The normalized spacial score (nSPS) is 14.3. The first-order valence-electron chi connectivity index (χ1n) is 6.32. The lowest BCUT2D eigenvalue weighted by Gasteiger charge is -2.34. The molecule has 23 heavy (non-hydrogen) atoms. The summed E-state index contributed by atoms with van der Waals surface area (Å²) in [5.74, 6) is -8.69. The Morgan fingerprint density at radius 1 is 1.39 bits per heavy atom. The molecule has 0 spiro atoms. The number of rotatable bonds is 5. The Bertz CT molecular complexity index is 708. The highest BCUT2D eigenvalue weighted by Gasteiger charge is 2.60. The summed E-state index contributed by atoms with van der Waals surface area (Å²) in [6, 6.07) is 1.69. The Balaban J connectivity index is 2.61. The maximum absolute atomic E-state index is 14.4. The van der Waals surface area contributed by atoms with Crippen LogP contribution in [0.2, 0.25) is 0 Å². The smallest absolute Gasteiger partial charge is 0.358 e. The Kier molecular flexibility index (Phi) is 4.37. The number of halogens is 4. The van der Waals surface area contributed by atoms with E-state index in [1.807, 2.05) is 0 Å². The number of aliphatic hydroxyl groups is 1. The van der Waals surface area contributed by atoms with Crippen molar-refractivity contribution in [3.63, 3.8) is 0 Å². The van der Waals surface area contributed by atoms with Crippen molar-refractivity contribution in [2.24, 2.45) is 0 Å². The third-order valence-electron chi connectivity index (χ3n) is 3.27. The van der Waals surface area contributed by atoms with Crippen LogP contribution >= 0.6 is 0 Å². The molecule has 2 N–H and O–H groups in total. The summed E-state index contributed by atoms with van der Waals surface area (Å²) >= 11 is 0. The molecule has 1 heterocycles. The van der Waals surface area contributed by atoms with Crippen molar-refractivity contribution in [3.05, 3.63) is 48.1 Å². The molecule has 6 nitrogen and oxygen atoms in total. The van der Waals surface area contributed by atoms with Gasteiger partial charge in [-0.05, 0) is 12.1 Å². The van der Waals surface area contributed by atoms with Crippen molar-refractivity contribution in [2.45, 2.75) is 18.1 Å². The predicted molar refractivity (Wildman–Crippen MR) is 69.3 cm³/mol. The molecule has 0 saturated heterocycles. The van der Waals surface area contributed by atoms with E-state index in [0.29, 0.717) is 18.2 Å². The minimum absolute atomic E-state index is 0.335. The van der Waals surface area contributed by atoms with Crippen LogP contribution in [-0.4, -0.2) is 38.7 Å². The fraction of sp³-hybridized carbons (Fsp3) is 0.308. The van der Waals surface area contributed by atoms with Gasteiger partial charge in [0.25, 0.3) is 5.91 Å². The van der Waals surface area contributed by atoms with Gasteiger partial charge in [-0.2, -0.15) is 13.9 Å². The van der Waals surface area contributed by atoms with Gasteiger partial charge in [0.1, 0.15) is 24.3 Å². The van der Waals surface area contributed by atoms with Gasteiger partial charge in [-0.25, -0.2) is 18.4 Å². The van der Waals surface area contributed by atoms with Gasteiger partial charge in [-0.1, -0.05) is 0 Å². The van der Waals surface area contributed by atoms with Crippen molar-refractivity contribution >= 4 is 5.91 Å². The van der Waals surface area contributed by atoms with Crippen molar-refractivity contribution in [1.29, 1.82) is 0 Å². The molecule has 0 bridgehead atoms. The highest BCUT2D eigenvalue weighted by atomic mass is 19.3. The first-order chi connectivity index (χ1) is 10.7.